The Kier molecular flexibility index (Phi) is 7.36. The molecule has 212 valence electrons. The van der Waals surface area contributed by atoms with Gasteiger partial charge in [0.15, 0.2) is 0 Å². The Bertz CT molecular complexity index is 1730. The number of allylic oxidation sites excluding steroid dienone is 8. The van der Waals surface area contributed by atoms with Crippen LogP contribution in [0, 0.1) is 6.92 Å². The Morgan fingerprint density at radius 3 is 2.57 bits per heavy atom. The monoisotopic (exact) mass is 552 g/mol. The zero-order chi connectivity index (χ0) is 29.4. The third kappa shape index (κ3) is 4.14. The minimum absolute atomic E-state index is 0.154. The first-order valence-corrected chi connectivity index (χ1v) is 15.2. The van der Waals surface area contributed by atoms with Crippen LogP contribution in [0.3, 0.4) is 0 Å². The first-order chi connectivity index (χ1) is 20.5. The molecule has 3 aromatic carbocycles. The quantitative estimate of drug-likeness (QED) is 0.181. The van der Waals surface area contributed by atoms with E-state index in [4.69, 9.17) is 10.5 Å². The number of nitrogens with two attached hydrogens (primary N) is 1. The lowest BCUT2D eigenvalue weighted by molar-refractivity contribution is 0.215. The largest absolute Gasteiger partial charge is 0.489 e. The average Bonchev–Trinajstić information content (AvgIpc) is 3.63. The highest BCUT2D eigenvalue weighted by Crippen LogP contribution is 2.62. The van der Waals surface area contributed by atoms with Crippen molar-refractivity contribution >= 4 is 11.8 Å². The molecule has 0 aromatic heterocycles. The number of aryl methyl sites for hydroxylation is 1. The van der Waals surface area contributed by atoms with Crippen LogP contribution in [0.4, 0.5) is 0 Å². The molecule has 0 bridgehead atoms. The van der Waals surface area contributed by atoms with Crippen molar-refractivity contribution in [3.8, 4) is 16.9 Å². The third-order valence-electron chi connectivity index (χ3n) is 9.06. The van der Waals surface area contributed by atoms with Gasteiger partial charge in [-0.25, -0.2) is 0 Å². The van der Waals surface area contributed by atoms with Gasteiger partial charge in [0.05, 0.1) is 5.41 Å². The molecule has 2 aliphatic carbocycles. The van der Waals surface area contributed by atoms with E-state index in [0.29, 0.717) is 0 Å². The highest BCUT2D eigenvalue weighted by Gasteiger charge is 2.50. The van der Waals surface area contributed by atoms with Crippen LogP contribution in [0.2, 0.25) is 0 Å². The Balaban J connectivity index is 1.59. The lowest BCUT2D eigenvalue weighted by Crippen LogP contribution is -2.22. The van der Waals surface area contributed by atoms with Crippen LogP contribution >= 0.6 is 0 Å². The zero-order valence-electron chi connectivity index (χ0n) is 25.3. The summed E-state index contributed by atoms with van der Waals surface area (Å²) in [5.41, 5.74) is 19.0. The number of benzene rings is 3. The smallest absolute Gasteiger partial charge is 0.131 e. The number of fused-ring (bicyclic) bond motifs is 9. The molecule has 0 amide bonds. The van der Waals surface area contributed by atoms with Crippen molar-refractivity contribution < 1.29 is 4.74 Å². The summed E-state index contributed by atoms with van der Waals surface area (Å²) in [7, 11) is 1.77. The molecule has 6 rings (SSSR count). The first kappa shape index (κ1) is 27.8. The predicted octanol–water partition coefficient (Wildman–Crippen LogP) is 8.97. The van der Waals surface area contributed by atoms with E-state index in [0.717, 1.165) is 29.7 Å². The SMILES string of the molecule is C/C=C(\C=C/C1=CC2(c3cc(C)ccc31)c1ccccc1-c1c2ccc2c1OC(CC)C2/C=C\CC)C(/C=NC)=C/N. The van der Waals surface area contributed by atoms with Crippen molar-refractivity contribution in [3.05, 3.63) is 142 Å². The molecule has 42 heavy (non-hydrogen) atoms. The molecule has 3 atom stereocenters. The molecule has 3 unspecified atom stereocenters. The third-order valence-corrected chi connectivity index (χ3v) is 9.06. The van der Waals surface area contributed by atoms with Crippen molar-refractivity contribution in [1.82, 2.24) is 0 Å². The number of ether oxygens (including phenoxy) is 1. The molecule has 0 saturated heterocycles. The van der Waals surface area contributed by atoms with Crippen LogP contribution in [0.25, 0.3) is 16.7 Å². The van der Waals surface area contributed by atoms with Gasteiger partial charge < -0.3 is 10.5 Å². The van der Waals surface area contributed by atoms with Crippen LogP contribution < -0.4 is 10.5 Å². The second kappa shape index (κ2) is 11.1. The van der Waals surface area contributed by atoms with E-state index < -0.39 is 5.41 Å². The highest BCUT2D eigenvalue weighted by atomic mass is 16.5. The zero-order valence-corrected chi connectivity index (χ0v) is 25.3. The minimum atomic E-state index is -0.391. The van der Waals surface area contributed by atoms with E-state index >= 15 is 0 Å². The van der Waals surface area contributed by atoms with Gasteiger partial charge in [-0.1, -0.05) is 110 Å². The molecule has 3 aliphatic rings. The van der Waals surface area contributed by atoms with E-state index in [1.54, 1.807) is 19.5 Å². The molecule has 1 heterocycles. The van der Waals surface area contributed by atoms with Crippen molar-refractivity contribution in [3.63, 3.8) is 0 Å². The second-order valence-corrected chi connectivity index (χ2v) is 11.4. The Labute approximate surface area is 250 Å². The van der Waals surface area contributed by atoms with Gasteiger partial charge in [0.1, 0.15) is 11.9 Å². The van der Waals surface area contributed by atoms with Gasteiger partial charge in [0.25, 0.3) is 0 Å². The van der Waals surface area contributed by atoms with Crippen molar-refractivity contribution in [1.29, 1.82) is 0 Å². The molecule has 2 N–H and O–H groups in total. The van der Waals surface area contributed by atoms with Gasteiger partial charge in [-0.05, 0) is 65.7 Å². The van der Waals surface area contributed by atoms with Crippen LogP contribution in [-0.4, -0.2) is 19.4 Å². The van der Waals surface area contributed by atoms with Crippen LogP contribution in [-0.2, 0) is 5.41 Å². The highest BCUT2D eigenvalue weighted by molar-refractivity contribution is 5.97. The number of aliphatic imine (C=N–C) groups is 1. The molecule has 3 aromatic rings. The topological polar surface area (TPSA) is 47.6 Å². The standard InChI is InChI=1S/C39H40N2O/c1-6-9-12-30-31-19-20-34-37(38(31)42-36(30)8-3)32-13-10-11-14-33(32)39(34)22-27(29-18-15-25(4)21-35(29)39)17-16-26(7-2)28(23-40)24-41-5/h7,9-24,30,36H,6,8,40H2,1-5H3/b12-9-,17-16-,26-7+,28-23+,41-24?. The predicted molar refractivity (Wildman–Crippen MR) is 177 cm³/mol. The molecule has 0 fully saturated rings. The molecule has 3 heteroatoms. The van der Waals surface area contributed by atoms with Gasteiger partial charge in [-0.3, -0.25) is 4.99 Å². The fourth-order valence-electron chi connectivity index (χ4n) is 7.15. The van der Waals surface area contributed by atoms with Gasteiger partial charge in [0, 0.05) is 42.1 Å². The maximum absolute atomic E-state index is 6.84. The number of hydrogen-bond donors (Lipinski definition) is 1. The lowest BCUT2D eigenvalue weighted by Gasteiger charge is -2.27. The molecule has 1 aliphatic heterocycles. The normalized spacial score (nSPS) is 22.6. The summed E-state index contributed by atoms with van der Waals surface area (Å²) in [4.78, 5) is 4.19. The Hall–Kier alpha value is -4.37. The van der Waals surface area contributed by atoms with Gasteiger partial charge in [-0.2, -0.15) is 0 Å². The van der Waals surface area contributed by atoms with Crippen LogP contribution in [0.15, 0.2) is 113 Å². The maximum Gasteiger partial charge on any atom is 0.131 e. The Morgan fingerprint density at radius 2 is 1.83 bits per heavy atom. The summed E-state index contributed by atoms with van der Waals surface area (Å²) in [6.45, 7) is 8.64. The minimum Gasteiger partial charge on any atom is -0.489 e. The van der Waals surface area contributed by atoms with Gasteiger partial charge in [0.2, 0.25) is 0 Å². The molecular formula is C39H40N2O. The molecule has 3 nitrogen and oxygen atoms in total. The molecule has 0 radical (unpaired) electrons. The van der Waals surface area contributed by atoms with Crippen molar-refractivity contribution in [2.45, 2.75) is 58.0 Å². The van der Waals surface area contributed by atoms with E-state index in [9.17, 15) is 0 Å². The van der Waals surface area contributed by atoms with Crippen molar-refractivity contribution in [2.75, 3.05) is 7.05 Å². The summed E-state index contributed by atoms with van der Waals surface area (Å²) < 4.78 is 6.84. The number of nitrogens with zero attached hydrogens (tertiary/aromatic N) is 1. The molecule has 1 spiro atoms. The number of rotatable bonds is 7. The van der Waals surface area contributed by atoms with Crippen LogP contribution in [0.1, 0.15) is 72.9 Å². The average molecular weight is 553 g/mol. The first-order valence-electron chi connectivity index (χ1n) is 15.2. The molecular weight excluding hydrogens is 512 g/mol. The fourth-order valence-corrected chi connectivity index (χ4v) is 7.15. The van der Waals surface area contributed by atoms with Gasteiger partial charge in [-0.15, -0.1) is 0 Å². The second-order valence-electron chi connectivity index (χ2n) is 11.4. The van der Waals surface area contributed by atoms with E-state index in [1.165, 1.54) is 50.1 Å². The summed E-state index contributed by atoms with van der Waals surface area (Å²) in [5, 5.41) is 0. The summed E-state index contributed by atoms with van der Waals surface area (Å²) in [6.07, 6.45) is 19.1. The Morgan fingerprint density at radius 1 is 1.00 bits per heavy atom. The van der Waals surface area contributed by atoms with Gasteiger partial charge >= 0.3 is 0 Å². The molecule has 0 saturated carbocycles. The lowest BCUT2D eigenvalue weighted by atomic mass is 9.73. The van der Waals surface area contributed by atoms with Crippen LogP contribution in [0.5, 0.6) is 5.75 Å². The van der Waals surface area contributed by atoms with E-state index in [-0.39, 0.29) is 12.0 Å². The fraction of sp³-hybridized carbons (Fsp3) is 0.256. The maximum atomic E-state index is 6.84. The summed E-state index contributed by atoms with van der Waals surface area (Å²) in [6, 6.07) is 20.5. The van der Waals surface area contributed by atoms with Crippen molar-refractivity contribution in [2.24, 2.45) is 10.7 Å². The summed E-state index contributed by atoms with van der Waals surface area (Å²) in [5.74, 6) is 1.34. The summed E-state index contributed by atoms with van der Waals surface area (Å²) >= 11 is 0. The van der Waals surface area contributed by atoms with E-state index in [1.807, 2.05) is 6.92 Å². The number of hydrogen-bond acceptors (Lipinski definition) is 3. The van der Waals surface area contributed by atoms with E-state index in [2.05, 4.69) is 117 Å².